The Kier molecular flexibility index (Phi) is 5.71. The number of hydrogen-bond acceptors (Lipinski definition) is 5. The van der Waals surface area contributed by atoms with Crippen LogP contribution in [-0.2, 0) is 19.1 Å². The zero-order valence-corrected chi connectivity index (χ0v) is 19.4. The van der Waals surface area contributed by atoms with Crippen molar-refractivity contribution in [1.82, 2.24) is 4.98 Å². The van der Waals surface area contributed by atoms with Gasteiger partial charge in [-0.05, 0) is 48.0 Å². The van der Waals surface area contributed by atoms with E-state index in [1.54, 1.807) is 54.9 Å². The van der Waals surface area contributed by atoms with Gasteiger partial charge in [-0.3, -0.25) is 18.7 Å². The molecule has 2 aromatic carbocycles. The number of aliphatic hydroxyl groups is 1. The van der Waals surface area contributed by atoms with E-state index in [1.807, 2.05) is 26.0 Å². The maximum atomic E-state index is 14.3. The Labute approximate surface area is 192 Å². The maximum absolute atomic E-state index is 14.3. The minimum atomic E-state index is -3.91. The van der Waals surface area contributed by atoms with Crippen molar-refractivity contribution < 1.29 is 18.3 Å². The highest BCUT2D eigenvalue weighted by molar-refractivity contribution is 8.18. The molecule has 1 fully saturated rings. The summed E-state index contributed by atoms with van der Waals surface area (Å²) in [5, 5.41) is 10.0. The molecular formula is C24H25ClN2O4S. The van der Waals surface area contributed by atoms with Crippen LogP contribution in [0.25, 0.3) is 0 Å². The lowest BCUT2D eigenvalue weighted by molar-refractivity contribution is 0.103. The van der Waals surface area contributed by atoms with Crippen LogP contribution in [0.15, 0.2) is 71.9 Å². The molecule has 2 N–H and O–H groups in total. The highest BCUT2D eigenvalue weighted by Crippen LogP contribution is 2.45. The summed E-state index contributed by atoms with van der Waals surface area (Å²) in [6, 6.07) is 15.3. The third-order valence-electron chi connectivity index (χ3n) is 5.78. The standard InChI is InChI=1S/C24H25ClN2O4S/c1-24(2,16-28)18-3-6-20(7-4-18)32(30,14-13-31-32)27-22-8-5-19(25)15-21(22)23(29)17-9-11-26-12-10-17/h3-12,15,28H,13-14,16H2,1-2H3,(H,27,30). The Morgan fingerprint density at radius 2 is 1.81 bits per heavy atom. The first kappa shape index (κ1) is 22.6. The first-order valence-electron chi connectivity index (χ1n) is 10.2. The van der Waals surface area contributed by atoms with E-state index >= 15 is 0 Å². The molecule has 0 aliphatic carbocycles. The molecule has 1 aromatic heterocycles. The number of carbonyl (C=O) groups is 1. The van der Waals surface area contributed by atoms with Crippen LogP contribution in [0.3, 0.4) is 0 Å². The molecule has 0 bridgehead atoms. The van der Waals surface area contributed by atoms with Crippen LogP contribution in [0.5, 0.6) is 0 Å². The summed E-state index contributed by atoms with van der Waals surface area (Å²) in [5.41, 5.74) is 1.63. The molecule has 32 heavy (non-hydrogen) atoms. The zero-order valence-electron chi connectivity index (χ0n) is 17.9. The van der Waals surface area contributed by atoms with Crippen molar-refractivity contribution in [3.8, 4) is 0 Å². The van der Waals surface area contributed by atoms with Crippen molar-refractivity contribution in [1.29, 1.82) is 0 Å². The fourth-order valence-corrected chi connectivity index (χ4v) is 6.36. The van der Waals surface area contributed by atoms with E-state index < -0.39 is 14.9 Å². The van der Waals surface area contributed by atoms with E-state index in [-0.39, 0.29) is 18.1 Å². The quantitative estimate of drug-likeness (QED) is 0.498. The summed E-state index contributed by atoms with van der Waals surface area (Å²) in [7, 11) is -3.91. The lowest BCUT2D eigenvalue weighted by Gasteiger charge is -2.55. The first-order valence-corrected chi connectivity index (χ1v) is 12.6. The number of benzene rings is 2. The minimum Gasteiger partial charge on any atom is -0.395 e. The summed E-state index contributed by atoms with van der Waals surface area (Å²) in [5.74, 6) is 0.0186. The second kappa shape index (κ2) is 8.08. The van der Waals surface area contributed by atoms with Gasteiger partial charge in [-0.1, -0.05) is 47.1 Å². The zero-order chi connectivity index (χ0) is 23.0. The summed E-state index contributed by atoms with van der Waals surface area (Å²) in [4.78, 5) is 17.6. The van der Waals surface area contributed by atoms with Gasteiger partial charge in [0.05, 0.1) is 29.5 Å². The molecule has 0 amide bonds. The van der Waals surface area contributed by atoms with Gasteiger partial charge in [0.15, 0.2) is 5.78 Å². The lowest BCUT2D eigenvalue weighted by Crippen LogP contribution is -2.56. The van der Waals surface area contributed by atoms with E-state index in [2.05, 4.69) is 9.71 Å². The van der Waals surface area contributed by atoms with Crippen LogP contribution >= 0.6 is 11.6 Å². The Morgan fingerprint density at radius 1 is 1.16 bits per heavy atom. The lowest BCUT2D eigenvalue weighted by atomic mass is 9.86. The van der Waals surface area contributed by atoms with Crippen LogP contribution in [0.1, 0.15) is 35.3 Å². The summed E-state index contributed by atoms with van der Waals surface area (Å²) in [6.45, 7) is 4.19. The number of aliphatic hydroxyl groups excluding tert-OH is 1. The Morgan fingerprint density at radius 3 is 2.38 bits per heavy atom. The molecule has 6 nitrogen and oxygen atoms in total. The van der Waals surface area contributed by atoms with E-state index in [4.69, 9.17) is 15.8 Å². The normalized spacial score (nSPS) is 18.1. The molecule has 1 aliphatic rings. The maximum Gasteiger partial charge on any atom is 0.195 e. The van der Waals surface area contributed by atoms with Crippen LogP contribution < -0.4 is 4.72 Å². The van der Waals surface area contributed by atoms with Gasteiger partial charge < -0.3 is 5.11 Å². The van der Waals surface area contributed by atoms with E-state index in [9.17, 15) is 14.1 Å². The summed E-state index contributed by atoms with van der Waals surface area (Å²) < 4.78 is 23.1. The Bertz CT molecular complexity index is 1220. The number of nitrogens with one attached hydrogen (secondary N) is 1. The smallest absolute Gasteiger partial charge is 0.195 e. The van der Waals surface area contributed by atoms with Crippen molar-refractivity contribution in [3.63, 3.8) is 0 Å². The van der Waals surface area contributed by atoms with E-state index in [0.29, 0.717) is 33.3 Å². The fourth-order valence-electron chi connectivity index (χ4n) is 3.59. The van der Waals surface area contributed by atoms with Gasteiger partial charge in [0.2, 0.25) is 0 Å². The molecule has 168 valence electrons. The van der Waals surface area contributed by atoms with Gasteiger partial charge in [-0.25, -0.2) is 0 Å². The topological polar surface area (TPSA) is 88.5 Å². The molecule has 1 saturated heterocycles. The molecule has 4 rings (SSSR count). The van der Waals surface area contributed by atoms with Gasteiger partial charge in [-0.15, -0.1) is 0 Å². The Hall–Kier alpha value is -2.58. The second-order valence-corrected chi connectivity index (χ2v) is 12.3. The SMILES string of the molecule is CC(C)(CO)c1ccc(S2(=O)(Nc3ccc(Cl)cc3C(=O)c3ccncc3)CCO2)cc1. The molecule has 0 atom stereocenters. The van der Waals surface area contributed by atoms with E-state index in [1.165, 1.54) is 0 Å². The Balaban J connectivity index is 1.74. The molecule has 0 radical (unpaired) electrons. The third-order valence-corrected chi connectivity index (χ3v) is 9.45. The van der Waals surface area contributed by atoms with Crippen molar-refractivity contribution >= 4 is 32.6 Å². The summed E-state index contributed by atoms with van der Waals surface area (Å²) >= 11 is 6.18. The van der Waals surface area contributed by atoms with Crippen molar-refractivity contribution in [2.24, 2.45) is 0 Å². The summed E-state index contributed by atoms with van der Waals surface area (Å²) in [6.07, 6.45) is 3.08. The number of hydrogen-bond donors (Lipinski definition) is 2. The molecule has 8 heteroatoms. The number of rotatable bonds is 7. The molecular weight excluding hydrogens is 448 g/mol. The van der Waals surface area contributed by atoms with Gasteiger partial charge in [-0.2, -0.15) is 4.21 Å². The third kappa shape index (κ3) is 3.97. The number of ketones is 1. The number of anilines is 1. The average Bonchev–Trinajstić information content (AvgIpc) is 2.79. The van der Waals surface area contributed by atoms with Gasteiger partial charge >= 0.3 is 0 Å². The van der Waals surface area contributed by atoms with Crippen LogP contribution in [0, 0.1) is 0 Å². The predicted octanol–water partition coefficient (Wildman–Crippen LogP) is 4.39. The van der Waals surface area contributed by atoms with Crippen molar-refractivity contribution in [2.75, 3.05) is 23.7 Å². The fraction of sp³-hybridized carbons (Fsp3) is 0.250. The minimum absolute atomic E-state index is 0.00844. The van der Waals surface area contributed by atoms with Crippen LogP contribution in [0.4, 0.5) is 5.69 Å². The highest BCUT2D eigenvalue weighted by atomic mass is 35.5. The van der Waals surface area contributed by atoms with Crippen molar-refractivity contribution in [2.45, 2.75) is 24.2 Å². The van der Waals surface area contributed by atoms with E-state index in [0.717, 1.165) is 5.56 Å². The molecule has 0 saturated carbocycles. The van der Waals surface area contributed by atoms with Crippen LogP contribution in [0.2, 0.25) is 5.02 Å². The number of halogens is 1. The number of nitrogens with zero attached hydrogens (tertiary/aromatic N) is 1. The van der Waals surface area contributed by atoms with Crippen molar-refractivity contribution in [3.05, 3.63) is 88.7 Å². The molecule has 2 heterocycles. The van der Waals surface area contributed by atoms with Crippen LogP contribution in [-0.4, -0.2) is 39.0 Å². The van der Waals surface area contributed by atoms with Gasteiger partial charge in [0.1, 0.15) is 0 Å². The monoisotopic (exact) mass is 472 g/mol. The molecule has 0 unspecified atom stereocenters. The average molecular weight is 473 g/mol. The second-order valence-electron chi connectivity index (χ2n) is 8.48. The molecule has 0 spiro atoms. The number of pyridine rings is 1. The molecule has 3 aromatic rings. The van der Waals surface area contributed by atoms with Gasteiger partial charge in [0, 0.05) is 34.0 Å². The molecule has 1 aliphatic heterocycles. The van der Waals surface area contributed by atoms with Gasteiger partial charge in [0.25, 0.3) is 0 Å². The first-order chi connectivity index (χ1) is 15.1. The number of aromatic nitrogens is 1. The predicted molar refractivity (Wildman–Crippen MR) is 127 cm³/mol. The highest BCUT2D eigenvalue weighted by Gasteiger charge is 2.42. The number of carbonyl (C=O) groups excluding carboxylic acids is 1. The largest absolute Gasteiger partial charge is 0.395 e.